The fraction of sp³-hybridized carbons (Fsp3) is 0.0816. The third kappa shape index (κ3) is 6.49. The standard InChI is InChI=1S/C49H37N5O2/c55-48(38-28-15-5-16-29-38)53-44(36-24-11-3-12-25-36)42(34-20-7-1-8-21-34)51-46(53)40-32-19-33-41(50-40)47-52-43(35-22-9-2-10-23-35)45(37-26-13-4-14-27-37)54(47)49(56)39-30-17-6-18-31-39/h1-33,42-45H/t42-,43-,44-,45-/m1/s1. The second kappa shape index (κ2) is 15.2. The molecule has 1 aromatic heterocycles. The molecule has 0 saturated heterocycles. The van der Waals surface area contributed by atoms with Crippen LogP contribution in [0.2, 0.25) is 0 Å². The maximum absolute atomic E-state index is 14.8. The van der Waals surface area contributed by atoms with E-state index in [2.05, 4.69) is 24.3 Å². The maximum Gasteiger partial charge on any atom is 0.260 e. The Bertz CT molecular complexity index is 2350. The monoisotopic (exact) mass is 727 g/mol. The van der Waals surface area contributed by atoms with E-state index in [9.17, 15) is 9.59 Å². The first-order valence-corrected chi connectivity index (χ1v) is 18.8. The predicted octanol–water partition coefficient (Wildman–Crippen LogP) is 9.85. The first kappa shape index (κ1) is 34.5. The molecule has 56 heavy (non-hydrogen) atoms. The third-order valence-electron chi connectivity index (χ3n) is 10.4. The van der Waals surface area contributed by atoms with Crippen molar-refractivity contribution in [2.24, 2.45) is 9.98 Å². The number of rotatable bonds is 8. The van der Waals surface area contributed by atoms with Crippen LogP contribution in [0.4, 0.5) is 0 Å². The smallest absolute Gasteiger partial charge is 0.260 e. The molecule has 7 nitrogen and oxygen atoms in total. The first-order valence-electron chi connectivity index (χ1n) is 18.8. The summed E-state index contributed by atoms with van der Waals surface area (Å²) in [6, 6.07) is 62.8. The van der Waals surface area contributed by atoms with Crippen molar-refractivity contribution in [3.05, 3.63) is 245 Å². The Kier molecular flexibility index (Phi) is 9.39. The molecule has 7 aromatic rings. The van der Waals surface area contributed by atoms with Gasteiger partial charge in [-0.15, -0.1) is 0 Å². The average molecular weight is 728 g/mol. The van der Waals surface area contributed by atoms with Crippen molar-refractivity contribution in [1.29, 1.82) is 0 Å². The van der Waals surface area contributed by atoms with Gasteiger partial charge in [-0.2, -0.15) is 0 Å². The molecule has 0 aliphatic carbocycles. The largest absolute Gasteiger partial charge is 0.281 e. The number of carbonyl (C=O) groups is 2. The molecule has 4 atom stereocenters. The van der Waals surface area contributed by atoms with Crippen molar-refractivity contribution in [2.75, 3.05) is 0 Å². The normalized spacial score (nSPS) is 19.0. The van der Waals surface area contributed by atoms with E-state index in [0.717, 1.165) is 22.3 Å². The van der Waals surface area contributed by atoms with E-state index < -0.39 is 24.2 Å². The molecule has 9 rings (SSSR count). The van der Waals surface area contributed by atoms with Crippen LogP contribution in [0.15, 0.2) is 210 Å². The van der Waals surface area contributed by atoms with Gasteiger partial charge in [0, 0.05) is 11.1 Å². The van der Waals surface area contributed by atoms with Crippen LogP contribution in [0.5, 0.6) is 0 Å². The van der Waals surface area contributed by atoms with Gasteiger partial charge in [0.2, 0.25) is 0 Å². The summed E-state index contributed by atoms with van der Waals surface area (Å²) in [5.74, 6) is 0.525. The lowest BCUT2D eigenvalue weighted by molar-refractivity contribution is 0.0797. The molecule has 0 fully saturated rings. The summed E-state index contributed by atoms with van der Waals surface area (Å²) in [4.78, 5) is 49.1. The number of hydrogen-bond acceptors (Lipinski definition) is 5. The summed E-state index contributed by atoms with van der Waals surface area (Å²) >= 11 is 0. The van der Waals surface area contributed by atoms with E-state index in [1.165, 1.54) is 0 Å². The molecule has 0 saturated carbocycles. The zero-order valence-electron chi connectivity index (χ0n) is 30.4. The fourth-order valence-corrected chi connectivity index (χ4v) is 7.80. The summed E-state index contributed by atoms with van der Waals surface area (Å²) < 4.78 is 0. The number of aliphatic imine (C=N–C) groups is 2. The summed E-state index contributed by atoms with van der Waals surface area (Å²) in [6.07, 6.45) is 0. The second-order valence-electron chi connectivity index (χ2n) is 13.8. The molecular weight excluding hydrogens is 691 g/mol. The van der Waals surface area contributed by atoms with Gasteiger partial charge in [0.15, 0.2) is 11.7 Å². The highest BCUT2D eigenvalue weighted by atomic mass is 16.2. The third-order valence-corrected chi connectivity index (χ3v) is 10.4. The lowest BCUT2D eigenvalue weighted by Gasteiger charge is -2.30. The van der Waals surface area contributed by atoms with Crippen LogP contribution in [0.25, 0.3) is 0 Å². The van der Waals surface area contributed by atoms with Crippen molar-refractivity contribution in [3.63, 3.8) is 0 Å². The van der Waals surface area contributed by atoms with E-state index in [1.54, 1.807) is 9.80 Å². The summed E-state index contributed by atoms with van der Waals surface area (Å²) in [7, 11) is 0. The van der Waals surface area contributed by atoms with Crippen LogP contribution in [-0.4, -0.2) is 38.3 Å². The zero-order chi connectivity index (χ0) is 37.8. The number of aromatic nitrogens is 1. The Labute approximate surface area is 326 Å². The van der Waals surface area contributed by atoms with Crippen LogP contribution in [-0.2, 0) is 0 Å². The average Bonchev–Trinajstić information content (AvgIpc) is 3.89. The van der Waals surface area contributed by atoms with E-state index in [0.29, 0.717) is 34.2 Å². The first-order chi connectivity index (χ1) is 27.7. The van der Waals surface area contributed by atoms with E-state index in [4.69, 9.17) is 15.0 Å². The highest BCUT2D eigenvalue weighted by Gasteiger charge is 2.45. The minimum absolute atomic E-state index is 0.184. The second-order valence-corrected chi connectivity index (χ2v) is 13.8. The lowest BCUT2D eigenvalue weighted by atomic mass is 9.93. The van der Waals surface area contributed by atoms with Crippen molar-refractivity contribution < 1.29 is 9.59 Å². The number of hydrogen-bond donors (Lipinski definition) is 0. The Morgan fingerprint density at radius 1 is 0.357 bits per heavy atom. The molecular formula is C49H37N5O2. The topological polar surface area (TPSA) is 78.2 Å². The molecule has 0 unspecified atom stereocenters. The van der Waals surface area contributed by atoms with Gasteiger partial charge in [-0.3, -0.25) is 29.4 Å². The molecule has 0 N–H and O–H groups in total. The Balaban J connectivity index is 1.22. The molecule has 2 amide bonds. The van der Waals surface area contributed by atoms with Crippen molar-refractivity contribution >= 4 is 23.5 Å². The van der Waals surface area contributed by atoms with Gasteiger partial charge < -0.3 is 0 Å². The van der Waals surface area contributed by atoms with Gasteiger partial charge in [-0.1, -0.05) is 164 Å². The SMILES string of the molecule is O=C(c1ccccc1)N1C(c2cccc(C3=N[C@H](c4ccccc4)[C@@H](c4ccccc4)N3C(=O)c3ccccc3)n2)=N[C@H](c2ccccc2)[C@H]1c1ccccc1. The summed E-state index contributed by atoms with van der Waals surface area (Å²) in [5.41, 5.74) is 5.96. The molecule has 7 heteroatoms. The summed E-state index contributed by atoms with van der Waals surface area (Å²) in [5, 5.41) is 0. The predicted molar refractivity (Wildman–Crippen MR) is 219 cm³/mol. The van der Waals surface area contributed by atoms with Crippen LogP contribution in [0.1, 0.15) is 78.5 Å². The van der Waals surface area contributed by atoms with Crippen LogP contribution in [0.3, 0.4) is 0 Å². The number of carbonyl (C=O) groups excluding carboxylic acids is 2. The molecule has 2 aliphatic rings. The van der Waals surface area contributed by atoms with Crippen LogP contribution >= 0.6 is 0 Å². The molecule has 2 aliphatic heterocycles. The minimum atomic E-state index is -0.448. The number of amidine groups is 2. The van der Waals surface area contributed by atoms with Gasteiger partial charge in [-0.25, -0.2) is 4.98 Å². The van der Waals surface area contributed by atoms with Crippen LogP contribution < -0.4 is 0 Å². The molecule has 270 valence electrons. The summed E-state index contributed by atoms with van der Waals surface area (Å²) in [6.45, 7) is 0. The minimum Gasteiger partial charge on any atom is -0.281 e. The molecule has 0 bridgehead atoms. The zero-order valence-corrected chi connectivity index (χ0v) is 30.4. The number of pyridine rings is 1. The Morgan fingerprint density at radius 3 is 1.00 bits per heavy atom. The quantitative estimate of drug-likeness (QED) is 0.156. The van der Waals surface area contributed by atoms with E-state index in [1.807, 2.05) is 176 Å². The highest BCUT2D eigenvalue weighted by molar-refractivity contribution is 6.15. The van der Waals surface area contributed by atoms with Gasteiger partial charge >= 0.3 is 0 Å². The fourth-order valence-electron chi connectivity index (χ4n) is 7.80. The van der Waals surface area contributed by atoms with E-state index >= 15 is 0 Å². The number of amides is 2. The van der Waals surface area contributed by atoms with Gasteiger partial charge in [0.1, 0.15) is 23.5 Å². The van der Waals surface area contributed by atoms with Crippen molar-refractivity contribution in [3.8, 4) is 0 Å². The van der Waals surface area contributed by atoms with Crippen LogP contribution in [0, 0.1) is 0 Å². The van der Waals surface area contributed by atoms with Gasteiger partial charge in [0.25, 0.3) is 11.8 Å². The molecule has 3 heterocycles. The Hall–Kier alpha value is -7.25. The molecule has 6 aromatic carbocycles. The maximum atomic E-state index is 14.8. The van der Waals surface area contributed by atoms with Gasteiger partial charge in [0.05, 0.1) is 12.1 Å². The number of nitrogens with zero attached hydrogens (tertiary/aromatic N) is 5. The molecule has 0 spiro atoms. The lowest BCUT2D eigenvalue weighted by Crippen LogP contribution is -2.39. The van der Waals surface area contributed by atoms with Crippen molar-refractivity contribution in [1.82, 2.24) is 14.8 Å². The van der Waals surface area contributed by atoms with Gasteiger partial charge in [-0.05, 0) is 58.7 Å². The Morgan fingerprint density at radius 2 is 0.661 bits per heavy atom. The number of benzene rings is 6. The van der Waals surface area contributed by atoms with Crippen molar-refractivity contribution in [2.45, 2.75) is 24.2 Å². The van der Waals surface area contributed by atoms with E-state index in [-0.39, 0.29) is 11.8 Å². The highest BCUT2D eigenvalue weighted by Crippen LogP contribution is 2.46. The molecule has 0 radical (unpaired) electrons.